The smallest absolute Gasteiger partial charge is 0.338 e. The van der Waals surface area contributed by atoms with Crippen LogP contribution in [0.5, 0.6) is 0 Å². The topological polar surface area (TPSA) is 107 Å². The Morgan fingerprint density at radius 2 is 1.86 bits per heavy atom. The summed E-state index contributed by atoms with van der Waals surface area (Å²) in [6.07, 6.45) is -3.26. The third kappa shape index (κ3) is 4.47. The average molecular weight is 303 g/mol. The number of aliphatic hydroxyl groups excluding tert-OH is 2. The Morgan fingerprint density at radius 3 is 2.38 bits per heavy atom. The molecule has 8 heteroatoms. The van der Waals surface area contributed by atoms with Crippen LogP contribution in [-0.4, -0.2) is 39.8 Å². The highest BCUT2D eigenvalue weighted by Gasteiger charge is 2.24. The number of hydrogen-bond donors (Lipinski definition) is 4. The van der Waals surface area contributed by atoms with Crippen molar-refractivity contribution in [1.82, 2.24) is 5.32 Å². The highest BCUT2D eigenvalue weighted by Crippen LogP contribution is 2.24. The first kappa shape index (κ1) is 17.0. The number of rotatable bonds is 6. The second-order valence-electron chi connectivity index (χ2n) is 4.44. The summed E-state index contributed by atoms with van der Waals surface area (Å²) in [4.78, 5) is 21.3. The summed E-state index contributed by atoms with van der Waals surface area (Å²) < 4.78 is 27.1. The number of carboxylic acids is 1. The second kappa shape index (κ2) is 7.09. The Morgan fingerprint density at radius 1 is 1.24 bits per heavy atom. The Bertz CT molecular complexity index is 550. The number of aliphatic hydroxyl groups is 2. The fraction of sp³-hybridized carbons (Fsp3) is 0.385. The van der Waals surface area contributed by atoms with Gasteiger partial charge in [0.1, 0.15) is 17.7 Å². The number of carboxylic acid groups (broad SMARTS) is 1. The molecule has 0 bridgehead atoms. The van der Waals surface area contributed by atoms with E-state index >= 15 is 0 Å². The summed E-state index contributed by atoms with van der Waals surface area (Å²) in [7, 11) is 0. The predicted octanol–water partition coefficient (Wildman–Crippen LogP) is 0.583. The number of halogens is 2. The van der Waals surface area contributed by atoms with Crippen LogP contribution in [0.1, 0.15) is 35.4 Å². The third-order valence-electron chi connectivity index (χ3n) is 2.81. The van der Waals surface area contributed by atoms with E-state index in [0.29, 0.717) is 12.1 Å². The molecule has 0 saturated carbocycles. The average Bonchev–Trinajstić information content (AvgIpc) is 2.39. The van der Waals surface area contributed by atoms with E-state index in [1.807, 2.05) is 0 Å². The monoisotopic (exact) mass is 303 g/mol. The molecule has 0 aliphatic carbocycles. The van der Waals surface area contributed by atoms with Gasteiger partial charge in [0.05, 0.1) is 11.7 Å². The van der Waals surface area contributed by atoms with Crippen molar-refractivity contribution < 1.29 is 33.7 Å². The number of benzene rings is 1. The normalized spacial score (nSPS) is 13.6. The largest absolute Gasteiger partial charge is 0.478 e. The van der Waals surface area contributed by atoms with Gasteiger partial charge in [-0.15, -0.1) is 0 Å². The SMILES string of the molecule is CC(=O)NCCC(O)C(O)c1cc(F)c(C(=O)O)cc1F. The summed E-state index contributed by atoms with van der Waals surface area (Å²) in [5, 5.41) is 30.5. The zero-order chi connectivity index (χ0) is 16.2. The molecule has 0 spiro atoms. The van der Waals surface area contributed by atoms with E-state index in [9.17, 15) is 28.6 Å². The Labute approximate surface area is 119 Å². The third-order valence-corrected chi connectivity index (χ3v) is 2.81. The molecule has 2 atom stereocenters. The zero-order valence-electron chi connectivity index (χ0n) is 11.1. The van der Waals surface area contributed by atoms with E-state index < -0.39 is 40.9 Å². The molecule has 0 heterocycles. The van der Waals surface area contributed by atoms with Crippen molar-refractivity contribution in [2.45, 2.75) is 25.6 Å². The number of carbonyl (C=O) groups excluding carboxylic acids is 1. The first-order chi connectivity index (χ1) is 9.73. The van der Waals surface area contributed by atoms with Crippen LogP contribution in [0.25, 0.3) is 0 Å². The van der Waals surface area contributed by atoms with Gasteiger partial charge in [0, 0.05) is 19.0 Å². The molecule has 116 valence electrons. The molecule has 0 aromatic heterocycles. The predicted molar refractivity (Wildman–Crippen MR) is 67.6 cm³/mol. The van der Waals surface area contributed by atoms with Crippen LogP contribution in [0.3, 0.4) is 0 Å². The molecule has 1 aromatic carbocycles. The van der Waals surface area contributed by atoms with Crippen molar-refractivity contribution in [1.29, 1.82) is 0 Å². The highest BCUT2D eigenvalue weighted by molar-refractivity contribution is 5.88. The molecule has 0 aliphatic heterocycles. The van der Waals surface area contributed by atoms with Gasteiger partial charge >= 0.3 is 5.97 Å². The molecule has 2 unspecified atom stereocenters. The molecule has 4 N–H and O–H groups in total. The maximum atomic E-state index is 13.7. The quantitative estimate of drug-likeness (QED) is 0.615. The molecule has 1 amide bonds. The molecule has 1 aromatic rings. The summed E-state index contributed by atoms with van der Waals surface area (Å²) in [5.74, 6) is -4.33. The fourth-order valence-electron chi connectivity index (χ4n) is 1.71. The standard InChI is InChI=1S/C13H15F2NO5/c1-6(17)16-3-2-11(18)12(19)7-4-10(15)8(13(20)21)5-9(7)14/h4-5,11-12,18-19H,2-3H2,1H3,(H,16,17)(H,20,21). The van der Waals surface area contributed by atoms with Gasteiger partial charge < -0.3 is 20.6 Å². The lowest BCUT2D eigenvalue weighted by Gasteiger charge is -2.19. The maximum Gasteiger partial charge on any atom is 0.338 e. The van der Waals surface area contributed by atoms with Crippen LogP contribution in [0.4, 0.5) is 8.78 Å². The van der Waals surface area contributed by atoms with Gasteiger partial charge in [-0.25, -0.2) is 13.6 Å². The first-order valence-corrected chi connectivity index (χ1v) is 6.06. The van der Waals surface area contributed by atoms with E-state index in [4.69, 9.17) is 5.11 Å². The minimum absolute atomic E-state index is 0.0465. The molecule has 0 fully saturated rings. The second-order valence-corrected chi connectivity index (χ2v) is 4.44. The summed E-state index contributed by atoms with van der Waals surface area (Å²) >= 11 is 0. The van der Waals surface area contributed by atoms with Gasteiger partial charge in [-0.3, -0.25) is 4.79 Å². The molecule has 21 heavy (non-hydrogen) atoms. The van der Waals surface area contributed by atoms with Gasteiger partial charge in [-0.1, -0.05) is 0 Å². The number of amides is 1. The summed E-state index contributed by atoms with van der Waals surface area (Å²) in [6.45, 7) is 1.31. The van der Waals surface area contributed by atoms with Crippen LogP contribution in [0.15, 0.2) is 12.1 Å². The fourth-order valence-corrected chi connectivity index (χ4v) is 1.71. The lowest BCUT2D eigenvalue weighted by Crippen LogP contribution is -2.28. The lowest BCUT2D eigenvalue weighted by molar-refractivity contribution is -0.119. The van der Waals surface area contributed by atoms with Crippen LogP contribution >= 0.6 is 0 Å². The molecular weight excluding hydrogens is 288 g/mol. The van der Waals surface area contributed by atoms with Crippen molar-refractivity contribution in [3.63, 3.8) is 0 Å². The van der Waals surface area contributed by atoms with E-state index in [1.54, 1.807) is 0 Å². The van der Waals surface area contributed by atoms with Gasteiger partial charge in [0.25, 0.3) is 0 Å². The molecule has 1 rings (SSSR count). The molecule has 0 saturated heterocycles. The minimum Gasteiger partial charge on any atom is -0.478 e. The van der Waals surface area contributed by atoms with Crippen molar-refractivity contribution in [2.75, 3.05) is 6.54 Å². The van der Waals surface area contributed by atoms with Gasteiger partial charge in [0.15, 0.2) is 0 Å². The van der Waals surface area contributed by atoms with Crippen LogP contribution in [0.2, 0.25) is 0 Å². The van der Waals surface area contributed by atoms with Crippen LogP contribution in [-0.2, 0) is 4.79 Å². The van der Waals surface area contributed by atoms with E-state index in [1.165, 1.54) is 6.92 Å². The maximum absolute atomic E-state index is 13.7. The minimum atomic E-state index is -1.74. The Kier molecular flexibility index (Phi) is 5.74. The van der Waals surface area contributed by atoms with Gasteiger partial charge in [-0.05, 0) is 18.6 Å². The number of carbonyl (C=O) groups is 2. The molecule has 6 nitrogen and oxygen atoms in total. The van der Waals surface area contributed by atoms with Crippen molar-refractivity contribution in [3.8, 4) is 0 Å². The van der Waals surface area contributed by atoms with E-state index in [0.717, 1.165) is 0 Å². The van der Waals surface area contributed by atoms with Gasteiger partial charge in [0.2, 0.25) is 5.91 Å². The number of aromatic carboxylic acids is 1. The summed E-state index contributed by atoms with van der Waals surface area (Å²) in [6, 6.07) is 0.974. The Balaban J connectivity index is 2.87. The lowest BCUT2D eigenvalue weighted by atomic mass is 9.99. The number of hydrogen-bond acceptors (Lipinski definition) is 4. The van der Waals surface area contributed by atoms with Crippen molar-refractivity contribution in [3.05, 3.63) is 34.9 Å². The molecule has 0 radical (unpaired) electrons. The zero-order valence-corrected chi connectivity index (χ0v) is 11.1. The van der Waals surface area contributed by atoms with E-state index in [-0.39, 0.29) is 18.9 Å². The van der Waals surface area contributed by atoms with Crippen molar-refractivity contribution >= 4 is 11.9 Å². The van der Waals surface area contributed by atoms with Crippen molar-refractivity contribution in [2.24, 2.45) is 0 Å². The highest BCUT2D eigenvalue weighted by atomic mass is 19.1. The van der Waals surface area contributed by atoms with Gasteiger partial charge in [-0.2, -0.15) is 0 Å². The first-order valence-electron chi connectivity index (χ1n) is 6.06. The summed E-state index contributed by atoms with van der Waals surface area (Å²) in [5.41, 5.74) is -1.41. The van der Waals surface area contributed by atoms with Crippen LogP contribution < -0.4 is 5.32 Å². The number of nitrogens with one attached hydrogen (secondary N) is 1. The molecule has 0 aliphatic rings. The van der Waals surface area contributed by atoms with E-state index in [2.05, 4.69) is 5.32 Å². The van der Waals surface area contributed by atoms with Crippen LogP contribution in [0, 0.1) is 11.6 Å². The molecular formula is C13H15F2NO5. The Hall–Kier alpha value is -2.06.